The summed E-state index contributed by atoms with van der Waals surface area (Å²) in [6.45, 7) is 0. The lowest BCUT2D eigenvalue weighted by Crippen LogP contribution is -2.42. The van der Waals surface area contributed by atoms with Gasteiger partial charge in [-0.25, -0.2) is 4.98 Å². The monoisotopic (exact) mass is 368 g/mol. The Morgan fingerprint density at radius 3 is 2.69 bits per heavy atom. The molecule has 0 atom stereocenters. The molecule has 6 heteroatoms. The first-order chi connectivity index (χ1) is 12.6. The summed E-state index contributed by atoms with van der Waals surface area (Å²) in [5.74, 6) is -0.161. The van der Waals surface area contributed by atoms with E-state index in [0.717, 1.165) is 29.0 Å². The summed E-state index contributed by atoms with van der Waals surface area (Å²) in [7, 11) is 0. The molecule has 2 N–H and O–H groups in total. The smallest absolute Gasteiger partial charge is 0.270 e. The van der Waals surface area contributed by atoms with Gasteiger partial charge in [0.2, 0.25) is 0 Å². The number of nitrogens with zero attached hydrogens (tertiary/aromatic N) is 1. The first-order valence-electron chi connectivity index (χ1n) is 8.71. The molecule has 0 radical (unpaired) electrons. The number of thiazole rings is 1. The minimum absolute atomic E-state index is 0.0607. The van der Waals surface area contributed by atoms with Crippen molar-refractivity contribution in [3.8, 4) is 10.6 Å². The fourth-order valence-corrected chi connectivity index (χ4v) is 4.22. The largest absolute Gasteiger partial charge is 0.472 e. The molecule has 1 amide bonds. The highest BCUT2D eigenvalue weighted by molar-refractivity contribution is 7.13. The molecule has 4 rings (SSSR count). The summed E-state index contributed by atoms with van der Waals surface area (Å²) in [6, 6.07) is 11.7. The number of aromatic nitrogens is 1. The third-order valence-electron chi connectivity index (χ3n) is 4.96. The fourth-order valence-electron chi connectivity index (χ4n) is 3.43. The predicted molar refractivity (Wildman–Crippen MR) is 99.9 cm³/mol. The summed E-state index contributed by atoms with van der Waals surface area (Å²) < 4.78 is 5.06. The van der Waals surface area contributed by atoms with Crippen LogP contribution < -0.4 is 5.32 Å². The average molecular weight is 368 g/mol. The van der Waals surface area contributed by atoms with Crippen molar-refractivity contribution in [1.82, 2.24) is 10.3 Å². The van der Waals surface area contributed by atoms with Crippen LogP contribution in [0.2, 0.25) is 0 Å². The van der Waals surface area contributed by atoms with Crippen LogP contribution in [0.15, 0.2) is 58.7 Å². The topological polar surface area (TPSA) is 75.4 Å². The van der Waals surface area contributed by atoms with E-state index in [1.165, 1.54) is 11.3 Å². The van der Waals surface area contributed by atoms with Gasteiger partial charge in [0.1, 0.15) is 17.0 Å². The van der Waals surface area contributed by atoms with Gasteiger partial charge in [-0.05, 0) is 37.3 Å². The van der Waals surface area contributed by atoms with E-state index in [1.807, 2.05) is 36.4 Å². The van der Waals surface area contributed by atoms with E-state index in [9.17, 15) is 9.90 Å². The van der Waals surface area contributed by atoms with Crippen molar-refractivity contribution in [3.05, 3.63) is 65.6 Å². The third-order valence-corrected chi connectivity index (χ3v) is 5.86. The number of benzene rings is 1. The van der Waals surface area contributed by atoms with Gasteiger partial charge in [0.25, 0.3) is 5.91 Å². The van der Waals surface area contributed by atoms with Crippen LogP contribution in [0.3, 0.4) is 0 Å². The molecule has 0 saturated heterocycles. The number of carbonyl (C=O) groups excluding carboxylic acids is 1. The zero-order valence-electron chi connectivity index (χ0n) is 14.2. The molecule has 134 valence electrons. The summed E-state index contributed by atoms with van der Waals surface area (Å²) in [5, 5.41) is 16.5. The average Bonchev–Trinajstić information content (AvgIpc) is 3.36. The van der Waals surface area contributed by atoms with E-state index < -0.39 is 5.60 Å². The minimum atomic E-state index is -0.794. The van der Waals surface area contributed by atoms with E-state index >= 15 is 0 Å². The Hall–Kier alpha value is -2.44. The van der Waals surface area contributed by atoms with Crippen molar-refractivity contribution < 1.29 is 14.3 Å². The molecule has 2 heterocycles. The summed E-state index contributed by atoms with van der Waals surface area (Å²) in [6.07, 6.45) is 5.97. The summed E-state index contributed by atoms with van der Waals surface area (Å²) >= 11 is 1.42. The zero-order chi connectivity index (χ0) is 18.0. The highest BCUT2D eigenvalue weighted by Crippen LogP contribution is 2.37. The Labute approximate surface area is 155 Å². The van der Waals surface area contributed by atoms with Crippen LogP contribution in [0.25, 0.3) is 10.6 Å². The van der Waals surface area contributed by atoms with Crippen LogP contribution >= 0.6 is 11.3 Å². The molecular formula is C20H20N2O3S. The van der Waals surface area contributed by atoms with Gasteiger partial charge in [0.05, 0.1) is 11.9 Å². The van der Waals surface area contributed by atoms with E-state index in [2.05, 4.69) is 10.3 Å². The van der Waals surface area contributed by atoms with E-state index in [0.29, 0.717) is 18.5 Å². The molecule has 1 aliphatic rings. The van der Waals surface area contributed by atoms with Crippen LogP contribution in [-0.2, 0) is 5.60 Å². The van der Waals surface area contributed by atoms with E-state index in [-0.39, 0.29) is 11.9 Å². The number of hydrogen-bond acceptors (Lipinski definition) is 5. The van der Waals surface area contributed by atoms with E-state index in [1.54, 1.807) is 17.9 Å². The summed E-state index contributed by atoms with van der Waals surface area (Å²) in [4.78, 5) is 16.9. The van der Waals surface area contributed by atoms with Gasteiger partial charge in [0, 0.05) is 17.0 Å². The van der Waals surface area contributed by atoms with Crippen LogP contribution in [0.5, 0.6) is 0 Å². The maximum Gasteiger partial charge on any atom is 0.270 e. The molecule has 1 saturated carbocycles. The number of furan rings is 1. The highest BCUT2D eigenvalue weighted by atomic mass is 32.1. The number of hydrogen-bond donors (Lipinski definition) is 2. The lowest BCUT2D eigenvalue weighted by atomic mass is 9.78. The first kappa shape index (κ1) is 17.0. The Morgan fingerprint density at radius 1 is 1.23 bits per heavy atom. The molecule has 0 unspecified atom stereocenters. The van der Waals surface area contributed by atoms with Gasteiger partial charge < -0.3 is 14.8 Å². The Kier molecular flexibility index (Phi) is 4.61. The zero-order valence-corrected chi connectivity index (χ0v) is 15.0. The Morgan fingerprint density at radius 2 is 2.00 bits per heavy atom. The molecular weight excluding hydrogens is 348 g/mol. The van der Waals surface area contributed by atoms with Crippen molar-refractivity contribution in [3.63, 3.8) is 0 Å². The van der Waals surface area contributed by atoms with Gasteiger partial charge in [0.15, 0.2) is 0 Å². The Bertz CT molecular complexity index is 866. The van der Waals surface area contributed by atoms with Gasteiger partial charge >= 0.3 is 0 Å². The second kappa shape index (κ2) is 7.05. The van der Waals surface area contributed by atoms with Crippen molar-refractivity contribution in [2.24, 2.45) is 0 Å². The highest BCUT2D eigenvalue weighted by Gasteiger charge is 2.35. The van der Waals surface area contributed by atoms with Gasteiger partial charge in [-0.2, -0.15) is 0 Å². The second-order valence-electron chi connectivity index (χ2n) is 6.70. The van der Waals surface area contributed by atoms with Crippen LogP contribution in [0.1, 0.15) is 41.7 Å². The SMILES string of the molecule is O=C(NC1CCC(O)(c2ccccc2)CC1)c1csc(-c2ccoc2)n1. The lowest BCUT2D eigenvalue weighted by molar-refractivity contribution is -0.00804. The first-order valence-corrected chi connectivity index (χ1v) is 9.59. The standard InChI is InChI=1S/C20H20N2O3S/c23-18(17-13-26-19(22-17)14-8-11-25-12-14)21-16-6-9-20(24,10-7-16)15-4-2-1-3-5-15/h1-5,8,11-13,16,24H,6-7,9-10H2,(H,21,23). The van der Waals surface area contributed by atoms with Crippen molar-refractivity contribution in [1.29, 1.82) is 0 Å². The normalized spacial score (nSPS) is 22.9. The van der Waals surface area contributed by atoms with Crippen molar-refractivity contribution in [2.75, 3.05) is 0 Å². The lowest BCUT2D eigenvalue weighted by Gasteiger charge is -2.36. The quantitative estimate of drug-likeness (QED) is 0.731. The number of nitrogens with one attached hydrogen (secondary N) is 1. The van der Waals surface area contributed by atoms with Crippen molar-refractivity contribution >= 4 is 17.2 Å². The van der Waals surface area contributed by atoms with E-state index in [4.69, 9.17) is 4.42 Å². The third kappa shape index (κ3) is 3.43. The van der Waals surface area contributed by atoms with Gasteiger partial charge in [-0.15, -0.1) is 11.3 Å². The maximum absolute atomic E-state index is 12.5. The maximum atomic E-state index is 12.5. The van der Waals surface area contributed by atoms with Gasteiger partial charge in [-0.1, -0.05) is 30.3 Å². The summed E-state index contributed by atoms with van der Waals surface area (Å²) in [5.41, 5.74) is 1.46. The molecule has 1 aliphatic carbocycles. The number of amides is 1. The van der Waals surface area contributed by atoms with Crippen LogP contribution in [-0.4, -0.2) is 22.0 Å². The molecule has 3 aromatic rings. The molecule has 0 bridgehead atoms. The molecule has 26 heavy (non-hydrogen) atoms. The molecule has 0 aliphatic heterocycles. The predicted octanol–water partition coefficient (Wildman–Crippen LogP) is 3.96. The van der Waals surface area contributed by atoms with Crippen molar-refractivity contribution in [2.45, 2.75) is 37.3 Å². The van der Waals surface area contributed by atoms with Crippen LogP contribution in [0.4, 0.5) is 0 Å². The molecule has 2 aromatic heterocycles. The second-order valence-corrected chi connectivity index (χ2v) is 7.55. The molecule has 1 aromatic carbocycles. The molecule has 1 fully saturated rings. The number of aliphatic hydroxyl groups is 1. The fraction of sp³-hybridized carbons (Fsp3) is 0.300. The van der Waals surface area contributed by atoms with Gasteiger partial charge in [-0.3, -0.25) is 4.79 Å². The Balaban J connectivity index is 1.36. The minimum Gasteiger partial charge on any atom is -0.472 e. The molecule has 5 nitrogen and oxygen atoms in total. The molecule has 0 spiro atoms. The number of carbonyl (C=O) groups is 1. The van der Waals surface area contributed by atoms with Crippen LogP contribution in [0, 0.1) is 0 Å². The number of rotatable bonds is 4.